The summed E-state index contributed by atoms with van der Waals surface area (Å²) in [5.41, 5.74) is 2.81. The van der Waals surface area contributed by atoms with E-state index < -0.39 is 0 Å². The van der Waals surface area contributed by atoms with Gasteiger partial charge in [-0.3, -0.25) is 9.59 Å². The molecule has 0 radical (unpaired) electrons. The van der Waals surface area contributed by atoms with Gasteiger partial charge in [-0.1, -0.05) is 50.3 Å². The number of carbonyl (C=O) groups excluding carboxylic acids is 2. The third-order valence-electron chi connectivity index (χ3n) is 10.2. The van der Waals surface area contributed by atoms with E-state index in [2.05, 4.69) is 44.2 Å². The predicted octanol–water partition coefficient (Wildman–Crippen LogP) is 6.59. The van der Waals surface area contributed by atoms with Crippen LogP contribution in [0.2, 0.25) is 0 Å². The summed E-state index contributed by atoms with van der Waals surface area (Å²) in [6, 6.07) is 10.5. The van der Waals surface area contributed by atoms with Crippen molar-refractivity contribution in [3.63, 3.8) is 0 Å². The Kier molecular flexibility index (Phi) is 6.14. The summed E-state index contributed by atoms with van der Waals surface area (Å²) in [7, 11) is 0. The third-order valence-corrected chi connectivity index (χ3v) is 10.2. The van der Waals surface area contributed by atoms with E-state index >= 15 is 0 Å². The van der Waals surface area contributed by atoms with E-state index in [-0.39, 0.29) is 29.6 Å². The lowest BCUT2D eigenvalue weighted by Gasteiger charge is -2.60. The van der Waals surface area contributed by atoms with E-state index in [0.717, 1.165) is 32.1 Å². The fourth-order valence-electron chi connectivity index (χ4n) is 8.68. The number of ether oxygens (including phenoxy) is 2. The Balaban J connectivity index is 1.42. The summed E-state index contributed by atoms with van der Waals surface area (Å²) in [4.78, 5) is 23.7. The lowest BCUT2D eigenvalue weighted by atomic mass is 9.45. The van der Waals surface area contributed by atoms with Gasteiger partial charge in [0, 0.05) is 19.3 Å². The molecule has 184 valence electrons. The number of benzene rings is 1. The zero-order chi connectivity index (χ0) is 24.1. The van der Waals surface area contributed by atoms with Gasteiger partial charge in [-0.05, 0) is 91.6 Å². The SMILES string of the molecule is CC(=O)O[C@@H]1CC[C@@]2(C)[C@@H](CC[C@@H]3[C@@H]2CC[C@]2(C)[C@@H](OC(C)=O)/C(=C/c4ccccc4)C[C@@H]32)C1. The molecule has 0 unspecified atom stereocenters. The van der Waals surface area contributed by atoms with Crippen molar-refractivity contribution in [3.05, 3.63) is 41.5 Å². The minimum Gasteiger partial charge on any atom is -0.463 e. The van der Waals surface area contributed by atoms with Gasteiger partial charge >= 0.3 is 11.9 Å². The maximum Gasteiger partial charge on any atom is 0.303 e. The van der Waals surface area contributed by atoms with Gasteiger partial charge in [0.2, 0.25) is 0 Å². The zero-order valence-electron chi connectivity index (χ0n) is 21.2. The maximum atomic E-state index is 12.2. The van der Waals surface area contributed by atoms with Gasteiger partial charge in [0.25, 0.3) is 0 Å². The maximum absolute atomic E-state index is 12.2. The second-order valence-electron chi connectivity index (χ2n) is 12.0. The molecule has 4 aliphatic rings. The summed E-state index contributed by atoms with van der Waals surface area (Å²) in [6.45, 7) is 8.00. The second kappa shape index (κ2) is 8.84. The molecule has 0 heterocycles. The number of hydrogen-bond donors (Lipinski definition) is 0. The molecule has 4 saturated carbocycles. The summed E-state index contributed by atoms with van der Waals surface area (Å²) in [6.07, 6.45) is 11.2. The molecule has 4 aliphatic carbocycles. The molecule has 0 amide bonds. The average Bonchev–Trinajstić information content (AvgIpc) is 3.05. The summed E-state index contributed by atoms with van der Waals surface area (Å²) >= 11 is 0. The van der Waals surface area contributed by atoms with E-state index in [1.54, 1.807) is 6.92 Å². The molecule has 0 aromatic heterocycles. The van der Waals surface area contributed by atoms with Gasteiger partial charge in [-0.15, -0.1) is 0 Å². The number of esters is 2. The Morgan fingerprint density at radius 3 is 2.29 bits per heavy atom. The lowest BCUT2D eigenvalue weighted by molar-refractivity contribution is -0.166. The molecule has 4 nitrogen and oxygen atoms in total. The highest BCUT2D eigenvalue weighted by atomic mass is 16.5. The third kappa shape index (κ3) is 4.01. The molecule has 0 aliphatic heterocycles. The molecular weight excluding hydrogens is 424 g/mol. The molecule has 34 heavy (non-hydrogen) atoms. The quantitative estimate of drug-likeness (QED) is 0.474. The first-order valence-electron chi connectivity index (χ1n) is 13.3. The minimum absolute atomic E-state index is 0.00555. The Bertz CT molecular complexity index is 967. The smallest absolute Gasteiger partial charge is 0.303 e. The number of carbonyl (C=O) groups is 2. The number of hydrogen-bond acceptors (Lipinski definition) is 4. The topological polar surface area (TPSA) is 52.6 Å². The van der Waals surface area contributed by atoms with Crippen molar-refractivity contribution in [3.8, 4) is 0 Å². The van der Waals surface area contributed by atoms with Crippen LogP contribution in [0.5, 0.6) is 0 Å². The van der Waals surface area contributed by atoms with Gasteiger partial charge in [0.05, 0.1) is 0 Å². The van der Waals surface area contributed by atoms with Crippen molar-refractivity contribution in [1.82, 2.24) is 0 Å². The molecule has 0 spiro atoms. The normalized spacial score (nSPS) is 42.3. The highest BCUT2D eigenvalue weighted by molar-refractivity contribution is 5.67. The van der Waals surface area contributed by atoms with Crippen LogP contribution in [0.3, 0.4) is 0 Å². The van der Waals surface area contributed by atoms with Crippen molar-refractivity contribution in [1.29, 1.82) is 0 Å². The minimum atomic E-state index is -0.174. The van der Waals surface area contributed by atoms with Gasteiger partial charge < -0.3 is 9.47 Å². The van der Waals surface area contributed by atoms with Gasteiger partial charge in [0.1, 0.15) is 12.2 Å². The highest BCUT2D eigenvalue weighted by Gasteiger charge is 2.62. The lowest BCUT2D eigenvalue weighted by Crippen LogP contribution is -2.54. The van der Waals surface area contributed by atoms with E-state index in [4.69, 9.17) is 9.47 Å². The Morgan fingerprint density at radius 2 is 1.59 bits per heavy atom. The van der Waals surface area contributed by atoms with Crippen LogP contribution in [0, 0.1) is 34.5 Å². The van der Waals surface area contributed by atoms with Crippen molar-refractivity contribution >= 4 is 18.0 Å². The molecule has 0 bridgehead atoms. The van der Waals surface area contributed by atoms with Crippen molar-refractivity contribution in [2.75, 3.05) is 0 Å². The summed E-state index contributed by atoms with van der Waals surface area (Å²) in [5.74, 6) is 2.25. The van der Waals surface area contributed by atoms with Crippen LogP contribution in [0.1, 0.15) is 84.6 Å². The van der Waals surface area contributed by atoms with Crippen LogP contribution in [0.15, 0.2) is 35.9 Å². The second-order valence-corrected chi connectivity index (χ2v) is 12.0. The van der Waals surface area contributed by atoms with E-state index in [1.165, 1.54) is 37.3 Å². The Morgan fingerprint density at radius 1 is 0.882 bits per heavy atom. The molecule has 1 aromatic rings. The first-order chi connectivity index (χ1) is 16.2. The van der Waals surface area contributed by atoms with Crippen LogP contribution < -0.4 is 0 Å². The van der Waals surface area contributed by atoms with Crippen LogP contribution in [-0.4, -0.2) is 24.1 Å². The number of rotatable bonds is 3. The fourth-order valence-corrected chi connectivity index (χ4v) is 8.68. The average molecular weight is 465 g/mol. The molecule has 8 atom stereocenters. The molecule has 1 aromatic carbocycles. The number of fused-ring (bicyclic) bond motifs is 5. The van der Waals surface area contributed by atoms with Gasteiger partial charge in [-0.2, -0.15) is 0 Å². The fraction of sp³-hybridized carbons (Fsp3) is 0.667. The van der Waals surface area contributed by atoms with Crippen LogP contribution >= 0.6 is 0 Å². The Hall–Kier alpha value is -2.10. The highest BCUT2D eigenvalue weighted by Crippen LogP contribution is 2.67. The first-order valence-corrected chi connectivity index (χ1v) is 13.3. The van der Waals surface area contributed by atoms with Crippen molar-refractivity contribution in [2.45, 2.75) is 91.3 Å². The van der Waals surface area contributed by atoms with Crippen LogP contribution in [-0.2, 0) is 19.1 Å². The Labute approximate surface area is 204 Å². The first kappa shape index (κ1) is 23.6. The zero-order valence-corrected chi connectivity index (χ0v) is 21.2. The summed E-state index contributed by atoms with van der Waals surface area (Å²) in [5, 5.41) is 0. The molecular formula is C30H40O4. The predicted molar refractivity (Wildman–Crippen MR) is 133 cm³/mol. The van der Waals surface area contributed by atoms with Gasteiger partial charge in [-0.25, -0.2) is 0 Å². The molecule has 5 rings (SSSR count). The van der Waals surface area contributed by atoms with Gasteiger partial charge in [0.15, 0.2) is 0 Å². The molecule has 0 N–H and O–H groups in total. The van der Waals surface area contributed by atoms with Crippen LogP contribution in [0.25, 0.3) is 6.08 Å². The molecule has 4 heteroatoms. The van der Waals surface area contributed by atoms with Crippen molar-refractivity contribution < 1.29 is 19.1 Å². The summed E-state index contributed by atoms with van der Waals surface area (Å²) < 4.78 is 11.7. The monoisotopic (exact) mass is 464 g/mol. The largest absolute Gasteiger partial charge is 0.463 e. The van der Waals surface area contributed by atoms with Crippen LogP contribution in [0.4, 0.5) is 0 Å². The standard InChI is InChI=1S/C30H40O4/c1-19(31)33-24-12-14-29(3)23(18-24)10-11-25-26(29)13-15-30(4)27(25)17-22(28(30)34-20(2)32)16-21-8-6-5-7-9-21/h5-9,16,23-28H,10-15,17-18H2,1-4H3/b22-16+/t23-,24+,25+,26-,27-,28-,29-,30-/m0/s1. The molecule has 4 fully saturated rings. The van der Waals surface area contributed by atoms with E-state index in [1.807, 2.05) is 6.07 Å². The van der Waals surface area contributed by atoms with E-state index in [0.29, 0.717) is 29.1 Å². The molecule has 0 saturated heterocycles. The van der Waals surface area contributed by atoms with Crippen molar-refractivity contribution in [2.24, 2.45) is 34.5 Å². The van der Waals surface area contributed by atoms with E-state index in [9.17, 15) is 9.59 Å².